The van der Waals surface area contributed by atoms with Gasteiger partial charge in [-0.05, 0) is 20.8 Å². The fourth-order valence-electron chi connectivity index (χ4n) is 2.00. The molecule has 0 aromatic carbocycles. The number of urea groups is 1. The number of amides is 2. The van der Waals surface area contributed by atoms with Gasteiger partial charge in [-0.1, -0.05) is 0 Å². The van der Waals surface area contributed by atoms with Crippen LogP contribution >= 0.6 is 11.8 Å². The van der Waals surface area contributed by atoms with E-state index in [2.05, 4.69) is 13.8 Å². The molecule has 6 heteroatoms. The zero-order valence-corrected chi connectivity index (χ0v) is 12.1. The van der Waals surface area contributed by atoms with Crippen LogP contribution in [0.25, 0.3) is 0 Å². The van der Waals surface area contributed by atoms with Crippen molar-refractivity contribution < 1.29 is 14.7 Å². The number of carboxylic acid groups (broad SMARTS) is 1. The minimum atomic E-state index is -0.865. The summed E-state index contributed by atoms with van der Waals surface area (Å²) in [6.45, 7) is 8.44. The summed E-state index contributed by atoms with van der Waals surface area (Å²) < 4.78 is 0.0835. The molecule has 18 heavy (non-hydrogen) atoms. The molecule has 0 atom stereocenters. The molecule has 1 N–H and O–H groups in total. The van der Waals surface area contributed by atoms with E-state index in [9.17, 15) is 9.59 Å². The average Bonchev–Trinajstić information content (AvgIpc) is 2.27. The molecule has 0 unspecified atom stereocenters. The van der Waals surface area contributed by atoms with Crippen LogP contribution in [-0.4, -0.2) is 63.6 Å². The first-order valence-electron chi connectivity index (χ1n) is 6.25. The number of thioether (sulfide) groups is 1. The Kier molecular flexibility index (Phi) is 5.31. The number of hydrogen-bond donors (Lipinski definition) is 1. The second kappa shape index (κ2) is 6.31. The lowest BCUT2D eigenvalue weighted by Crippen LogP contribution is -2.51. The Labute approximate surface area is 113 Å². The van der Waals surface area contributed by atoms with Crippen molar-refractivity contribution in [3.05, 3.63) is 0 Å². The summed E-state index contributed by atoms with van der Waals surface area (Å²) in [4.78, 5) is 26.3. The summed E-state index contributed by atoms with van der Waals surface area (Å²) in [6, 6.07) is -0.0351. The number of carbonyl (C=O) groups excluding carboxylic acids is 1. The van der Waals surface area contributed by atoms with Crippen LogP contribution in [0.15, 0.2) is 0 Å². The van der Waals surface area contributed by atoms with Gasteiger partial charge in [-0.3, -0.25) is 4.79 Å². The third-order valence-electron chi connectivity index (χ3n) is 2.94. The lowest BCUT2D eigenvalue weighted by Gasteiger charge is -2.39. The minimum absolute atomic E-state index is 0.00552. The molecule has 1 aliphatic rings. The van der Waals surface area contributed by atoms with Crippen LogP contribution in [0.3, 0.4) is 0 Å². The van der Waals surface area contributed by atoms with Gasteiger partial charge >= 0.3 is 12.0 Å². The molecule has 2 amide bonds. The standard InChI is InChI=1S/C12H22N2O3S/c1-4-13(6-5-10(15)16)11(17)14-7-8-18-12(2,3)9-14/h4-9H2,1-3H3,(H,15,16). The molecule has 1 aliphatic heterocycles. The van der Waals surface area contributed by atoms with Crippen LogP contribution in [0, 0.1) is 0 Å². The molecular weight excluding hydrogens is 252 g/mol. The highest BCUT2D eigenvalue weighted by Crippen LogP contribution is 2.29. The van der Waals surface area contributed by atoms with Crippen molar-refractivity contribution in [3.63, 3.8) is 0 Å². The van der Waals surface area contributed by atoms with E-state index >= 15 is 0 Å². The van der Waals surface area contributed by atoms with E-state index in [0.717, 1.165) is 18.8 Å². The maximum Gasteiger partial charge on any atom is 0.320 e. The summed E-state index contributed by atoms with van der Waals surface area (Å²) in [6.07, 6.45) is 0.00552. The third-order valence-corrected chi connectivity index (χ3v) is 4.24. The van der Waals surface area contributed by atoms with Gasteiger partial charge < -0.3 is 14.9 Å². The summed E-state index contributed by atoms with van der Waals surface area (Å²) in [5, 5.41) is 8.68. The van der Waals surface area contributed by atoms with E-state index in [4.69, 9.17) is 5.11 Å². The van der Waals surface area contributed by atoms with Gasteiger partial charge in [0.05, 0.1) is 6.42 Å². The highest BCUT2D eigenvalue weighted by molar-refractivity contribution is 8.00. The largest absolute Gasteiger partial charge is 0.481 e. The molecular formula is C12H22N2O3S. The second-order valence-electron chi connectivity index (χ2n) is 5.04. The first kappa shape index (κ1) is 15.1. The monoisotopic (exact) mass is 274 g/mol. The van der Waals surface area contributed by atoms with Crippen molar-refractivity contribution in [1.29, 1.82) is 0 Å². The summed E-state index contributed by atoms with van der Waals surface area (Å²) in [5.41, 5.74) is 0. The van der Waals surface area contributed by atoms with Crippen LogP contribution in [0.1, 0.15) is 27.2 Å². The van der Waals surface area contributed by atoms with Crippen LogP contribution in [-0.2, 0) is 4.79 Å². The third kappa shape index (κ3) is 4.40. The van der Waals surface area contributed by atoms with E-state index in [1.807, 2.05) is 23.6 Å². The first-order chi connectivity index (χ1) is 8.35. The van der Waals surface area contributed by atoms with Gasteiger partial charge in [0.25, 0.3) is 0 Å². The van der Waals surface area contributed by atoms with Gasteiger partial charge in [0.2, 0.25) is 0 Å². The maximum atomic E-state index is 12.3. The van der Waals surface area contributed by atoms with Gasteiger partial charge in [-0.2, -0.15) is 11.8 Å². The van der Waals surface area contributed by atoms with E-state index < -0.39 is 5.97 Å². The molecule has 1 heterocycles. The number of carboxylic acids is 1. The molecule has 1 saturated heterocycles. The van der Waals surface area contributed by atoms with Crippen LogP contribution in [0.5, 0.6) is 0 Å². The predicted octanol–water partition coefficient (Wildman–Crippen LogP) is 1.73. The lowest BCUT2D eigenvalue weighted by molar-refractivity contribution is -0.137. The van der Waals surface area contributed by atoms with Crippen LogP contribution < -0.4 is 0 Å². The number of rotatable bonds is 4. The number of aliphatic carboxylic acids is 1. The molecule has 0 bridgehead atoms. The van der Waals surface area contributed by atoms with Gasteiger partial charge in [-0.15, -0.1) is 0 Å². The molecule has 1 fully saturated rings. The fourth-order valence-corrected chi connectivity index (χ4v) is 3.11. The normalized spacial score (nSPS) is 18.5. The highest BCUT2D eigenvalue weighted by atomic mass is 32.2. The molecule has 1 rings (SSSR count). The van der Waals surface area contributed by atoms with Gasteiger partial charge in [0, 0.05) is 36.7 Å². The highest BCUT2D eigenvalue weighted by Gasteiger charge is 2.31. The van der Waals surface area contributed by atoms with Crippen LogP contribution in [0.4, 0.5) is 4.79 Å². The van der Waals surface area contributed by atoms with Gasteiger partial charge in [-0.25, -0.2) is 4.79 Å². The summed E-state index contributed by atoms with van der Waals surface area (Å²) >= 11 is 1.87. The topological polar surface area (TPSA) is 60.9 Å². The molecule has 0 saturated carbocycles. The zero-order chi connectivity index (χ0) is 13.8. The summed E-state index contributed by atoms with van der Waals surface area (Å²) in [5.74, 6) is 0.0747. The van der Waals surface area contributed by atoms with E-state index in [1.54, 1.807) is 4.90 Å². The number of nitrogens with zero attached hydrogens (tertiary/aromatic N) is 2. The Morgan fingerprint density at radius 2 is 2.11 bits per heavy atom. The molecule has 5 nitrogen and oxygen atoms in total. The lowest BCUT2D eigenvalue weighted by atomic mass is 10.2. The Balaban J connectivity index is 2.57. The van der Waals surface area contributed by atoms with Crippen molar-refractivity contribution in [3.8, 4) is 0 Å². The second-order valence-corrected chi connectivity index (χ2v) is 6.84. The van der Waals surface area contributed by atoms with Crippen molar-refractivity contribution >= 4 is 23.8 Å². The van der Waals surface area contributed by atoms with Crippen molar-refractivity contribution in [2.75, 3.05) is 31.9 Å². The molecule has 0 spiro atoms. The summed E-state index contributed by atoms with van der Waals surface area (Å²) in [7, 11) is 0. The Hall–Kier alpha value is -0.910. The van der Waals surface area contributed by atoms with Gasteiger partial charge in [0.1, 0.15) is 0 Å². The van der Waals surface area contributed by atoms with Crippen molar-refractivity contribution in [1.82, 2.24) is 9.80 Å². The van der Waals surface area contributed by atoms with Crippen molar-refractivity contribution in [2.45, 2.75) is 31.9 Å². The molecule has 0 aromatic heterocycles. The Morgan fingerprint density at radius 3 is 2.61 bits per heavy atom. The smallest absolute Gasteiger partial charge is 0.320 e. The van der Waals surface area contributed by atoms with Crippen molar-refractivity contribution in [2.24, 2.45) is 0 Å². The van der Waals surface area contributed by atoms with E-state index in [-0.39, 0.29) is 23.7 Å². The van der Waals surface area contributed by atoms with E-state index in [0.29, 0.717) is 6.54 Å². The van der Waals surface area contributed by atoms with E-state index in [1.165, 1.54) is 0 Å². The minimum Gasteiger partial charge on any atom is -0.481 e. The quantitative estimate of drug-likeness (QED) is 0.848. The Morgan fingerprint density at radius 1 is 1.44 bits per heavy atom. The fraction of sp³-hybridized carbons (Fsp3) is 0.833. The first-order valence-corrected chi connectivity index (χ1v) is 7.24. The van der Waals surface area contributed by atoms with Crippen LogP contribution in [0.2, 0.25) is 0 Å². The molecule has 104 valence electrons. The number of hydrogen-bond acceptors (Lipinski definition) is 3. The average molecular weight is 274 g/mol. The molecule has 0 radical (unpaired) electrons. The maximum absolute atomic E-state index is 12.3. The zero-order valence-electron chi connectivity index (χ0n) is 11.3. The Bertz CT molecular complexity index is 320. The number of carbonyl (C=O) groups is 2. The molecule has 0 aromatic rings. The predicted molar refractivity (Wildman–Crippen MR) is 73.0 cm³/mol. The SMILES string of the molecule is CCN(CCC(=O)O)C(=O)N1CCSC(C)(C)C1. The molecule has 0 aliphatic carbocycles. The van der Waals surface area contributed by atoms with Gasteiger partial charge in [0.15, 0.2) is 0 Å².